The van der Waals surface area contributed by atoms with Crippen LogP contribution in [-0.4, -0.2) is 45.6 Å². The van der Waals surface area contributed by atoms with Crippen LogP contribution in [-0.2, 0) is 14.8 Å². The zero-order valence-electron chi connectivity index (χ0n) is 12.9. The number of benzene rings is 1. The molecule has 0 aromatic heterocycles. The van der Waals surface area contributed by atoms with E-state index in [0.29, 0.717) is 12.2 Å². The molecule has 0 heterocycles. The highest BCUT2D eigenvalue weighted by Crippen LogP contribution is 2.17. The predicted octanol–water partition coefficient (Wildman–Crippen LogP) is 2.10. The second-order valence-corrected chi connectivity index (χ2v) is 7.00. The van der Waals surface area contributed by atoms with E-state index in [2.05, 4.69) is 6.92 Å². The summed E-state index contributed by atoms with van der Waals surface area (Å²) in [6.45, 7) is 2.94. The van der Waals surface area contributed by atoms with Crippen LogP contribution in [0.1, 0.15) is 26.2 Å². The van der Waals surface area contributed by atoms with Gasteiger partial charge in [-0.25, -0.2) is 8.42 Å². The van der Waals surface area contributed by atoms with Gasteiger partial charge in [-0.2, -0.15) is 0 Å². The fourth-order valence-corrected chi connectivity index (χ4v) is 2.92. The molecule has 1 amide bonds. The fourth-order valence-electron chi connectivity index (χ4n) is 1.99. The highest BCUT2D eigenvalue weighted by Gasteiger charge is 2.19. The number of unbranched alkanes of at least 4 members (excludes halogenated alkanes) is 1. The average molecular weight is 312 g/mol. The highest BCUT2D eigenvalue weighted by atomic mass is 32.2. The van der Waals surface area contributed by atoms with Crippen LogP contribution in [0.5, 0.6) is 0 Å². The monoisotopic (exact) mass is 312 g/mol. The van der Waals surface area contributed by atoms with Crippen LogP contribution in [0, 0.1) is 0 Å². The summed E-state index contributed by atoms with van der Waals surface area (Å²) < 4.78 is 25.1. The zero-order chi connectivity index (χ0) is 15.9. The molecular formula is C15H24N2O3S. The number of nitrogens with zero attached hydrogens (tertiary/aromatic N) is 2. The third-order valence-electron chi connectivity index (χ3n) is 3.25. The first-order valence-electron chi connectivity index (χ1n) is 7.13. The zero-order valence-corrected chi connectivity index (χ0v) is 13.8. The molecule has 5 nitrogen and oxygen atoms in total. The molecule has 118 valence electrons. The Hall–Kier alpha value is -1.56. The lowest BCUT2D eigenvalue weighted by atomic mass is 10.3. The number of amides is 1. The number of hydrogen-bond donors (Lipinski definition) is 0. The van der Waals surface area contributed by atoms with Gasteiger partial charge in [0.05, 0.1) is 11.9 Å². The molecule has 0 atom stereocenters. The highest BCUT2D eigenvalue weighted by molar-refractivity contribution is 7.92. The van der Waals surface area contributed by atoms with Crippen LogP contribution >= 0.6 is 0 Å². The molecule has 1 rings (SSSR count). The minimum atomic E-state index is -3.39. The largest absolute Gasteiger partial charge is 0.346 e. The van der Waals surface area contributed by atoms with E-state index >= 15 is 0 Å². The van der Waals surface area contributed by atoms with Crippen molar-refractivity contribution >= 4 is 21.6 Å². The number of sulfonamides is 1. The van der Waals surface area contributed by atoms with Gasteiger partial charge in [-0.05, 0) is 18.6 Å². The van der Waals surface area contributed by atoms with E-state index in [4.69, 9.17) is 0 Å². The Balaban J connectivity index is 2.70. The Morgan fingerprint density at radius 2 is 1.76 bits per heavy atom. The second kappa shape index (κ2) is 8.02. The number of anilines is 1. The summed E-state index contributed by atoms with van der Waals surface area (Å²) in [4.78, 5) is 13.7. The molecule has 0 aliphatic carbocycles. The van der Waals surface area contributed by atoms with Crippen molar-refractivity contribution in [1.29, 1.82) is 0 Å². The Morgan fingerprint density at radius 1 is 1.14 bits per heavy atom. The Bertz CT molecular complexity index is 543. The molecule has 0 fully saturated rings. The molecule has 0 aliphatic rings. The molecule has 0 unspecified atom stereocenters. The average Bonchev–Trinajstić information content (AvgIpc) is 2.44. The number of hydrogen-bond acceptors (Lipinski definition) is 3. The van der Waals surface area contributed by atoms with Gasteiger partial charge >= 0.3 is 0 Å². The van der Waals surface area contributed by atoms with Crippen LogP contribution in [0.15, 0.2) is 30.3 Å². The van der Waals surface area contributed by atoms with Crippen molar-refractivity contribution in [3.8, 4) is 0 Å². The van der Waals surface area contributed by atoms with E-state index in [9.17, 15) is 13.2 Å². The molecule has 6 heteroatoms. The summed E-state index contributed by atoms with van der Waals surface area (Å²) in [5, 5.41) is 0. The number of carbonyl (C=O) groups is 1. The molecule has 0 radical (unpaired) electrons. The van der Waals surface area contributed by atoms with Crippen molar-refractivity contribution < 1.29 is 13.2 Å². The first-order valence-corrected chi connectivity index (χ1v) is 8.97. The maximum Gasteiger partial charge on any atom is 0.232 e. The lowest BCUT2D eigenvalue weighted by Gasteiger charge is -2.23. The van der Waals surface area contributed by atoms with E-state index in [1.807, 2.05) is 6.07 Å². The molecule has 21 heavy (non-hydrogen) atoms. The van der Waals surface area contributed by atoms with Crippen molar-refractivity contribution in [2.24, 2.45) is 0 Å². The van der Waals surface area contributed by atoms with Crippen LogP contribution in [0.3, 0.4) is 0 Å². The molecule has 0 spiro atoms. The SMILES string of the molecule is CCCCN(C)C(=O)CCN(c1ccccc1)S(C)(=O)=O. The summed E-state index contributed by atoms with van der Waals surface area (Å²) in [6.07, 6.45) is 3.32. The first-order chi connectivity index (χ1) is 9.86. The predicted molar refractivity (Wildman–Crippen MR) is 85.8 cm³/mol. The van der Waals surface area contributed by atoms with Crippen molar-refractivity contribution in [2.45, 2.75) is 26.2 Å². The van der Waals surface area contributed by atoms with Gasteiger partial charge in [0.1, 0.15) is 0 Å². The summed E-state index contributed by atoms with van der Waals surface area (Å²) in [5.41, 5.74) is 0.587. The minimum absolute atomic E-state index is 0.0342. The van der Waals surface area contributed by atoms with Crippen LogP contribution in [0.4, 0.5) is 5.69 Å². The van der Waals surface area contributed by atoms with Crippen molar-refractivity contribution in [3.63, 3.8) is 0 Å². The van der Waals surface area contributed by atoms with Crippen molar-refractivity contribution in [2.75, 3.05) is 30.7 Å². The van der Waals surface area contributed by atoms with E-state index in [1.165, 1.54) is 4.31 Å². The van der Waals surface area contributed by atoms with Crippen LogP contribution in [0.2, 0.25) is 0 Å². The second-order valence-electron chi connectivity index (χ2n) is 5.09. The van der Waals surface area contributed by atoms with E-state index < -0.39 is 10.0 Å². The van der Waals surface area contributed by atoms with Gasteiger partial charge in [-0.3, -0.25) is 9.10 Å². The van der Waals surface area contributed by atoms with Gasteiger partial charge in [0.25, 0.3) is 0 Å². The lowest BCUT2D eigenvalue weighted by molar-refractivity contribution is -0.129. The summed E-state index contributed by atoms with van der Waals surface area (Å²) >= 11 is 0. The number of rotatable bonds is 8. The summed E-state index contributed by atoms with van der Waals surface area (Å²) in [7, 11) is -1.64. The fraction of sp³-hybridized carbons (Fsp3) is 0.533. The first kappa shape index (κ1) is 17.5. The van der Waals surface area contributed by atoms with Crippen LogP contribution in [0.25, 0.3) is 0 Å². The minimum Gasteiger partial charge on any atom is -0.346 e. The Kier molecular flexibility index (Phi) is 6.68. The van der Waals surface area contributed by atoms with Crippen LogP contribution < -0.4 is 4.31 Å². The van der Waals surface area contributed by atoms with E-state index in [1.54, 1.807) is 36.2 Å². The van der Waals surface area contributed by atoms with Crippen molar-refractivity contribution in [3.05, 3.63) is 30.3 Å². The van der Waals surface area contributed by atoms with E-state index in [0.717, 1.165) is 19.1 Å². The molecule has 1 aromatic carbocycles. The lowest BCUT2D eigenvalue weighted by Crippen LogP contribution is -2.35. The van der Waals surface area contributed by atoms with Gasteiger partial charge < -0.3 is 4.90 Å². The van der Waals surface area contributed by atoms with Crippen molar-refractivity contribution in [1.82, 2.24) is 4.90 Å². The van der Waals surface area contributed by atoms with Gasteiger partial charge in [0.2, 0.25) is 15.9 Å². The normalized spacial score (nSPS) is 11.2. The topological polar surface area (TPSA) is 57.7 Å². The van der Waals surface area contributed by atoms with Gasteiger partial charge in [0, 0.05) is 26.6 Å². The van der Waals surface area contributed by atoms with Gasteiger partial charge in [0.15, 0.2) is 0 Å². The molecular weight excluding hydrogens is 288 g/mol. The smallest absolute Gasteiger partial charge is 0.232 e. The molecule has 0 saturated heterocycles. The molecule has 0 bridgehead atoms. The van der Waals surface area contributed by atoms with E-state index in [-0.39, 0.29) is 18.9 Å². The third-order valence-corrected chi connectivity index (χ3v) is 4.44. The maximum atomic E-state index is 12.0. The molecule has 0 saturated carbocycles. The number of para-hydroxylation sites is 1. The molecule has 0 aliphatic heterocycles. The quantitative estimate of drug-likeness (QED) is 0.738. The van der Waals surface area contributed by atoms with Gasteiger partial charge in [-0.15, -0.1) is 0 Å². The summed E-state index contributed by atoms with van der Waals surface area (Å²) in [6, 6.07) is 8.84. The Labute approximate surface area is 127 Å². The molecule has 0 N–H and O–H groups in total. The molecule has 1 aromatic rings. The van der Waals surface area contributed by atoms with Gasteiger partial charge in [-0.1, -0.05) is 31.5 Å². The summed E-state index contributed by atoms with van der Waals surface area (Å²) in [5.74, 6) is -0.0342. The third kappa shape index (κ3) is 5.75. The standard InChI is InChI=1S/C15H24N2O3S/c1-4-5-12-16(2)15(18)11-13-17(21(3,19)20)14-9-7-6-8-10-14/h6-10H,4-5,11-13H2,1-3H3. The maximum absolute atomic E-state index is 12.0. The number of carbonyl (C=O) groups excluding carboxylic acids is 1. The Morgan fingerprint density at radius 3 is 2.29 bits per heavy atom.